The van der Waals surface area contributed by atoms with Gasteiger partial charge in [0.05, 0.1) is 16.1 Å². The van der Waals surface area contributed by atoms with Crippen LogP contribution in [0.1, 0.15) is 0 Å². The number of rotatable bonds is 1. The van der Waals surface area contributed by atoms with E-state index in [1.807, 2.05) is 18.2 Å². The molecule has 0 radical (unpaired) electrons. The Kier molecular flexibility index (Phi) is 2.82. The van der Waals surface area contributed by atoms with Crippen LogP contribution in [-0.2, 0) is 0 Å². The van der Waals surface area contributed by atoms with E-state index in [-0.39, 0.29) is 0 Å². The molecule has 1 aliphatic rings. The van der Waals surface area contributed by atoms with Crippen molar-refractivity contribution < 1.29 is 0 Å². The Morgan fingerprint density at radius 1 is 1.24 bits per heavy atom. The number of nitrogens with one attached hydrogen (secondary N) is 1. The molecule has 5 heteroatoms. The van der Waals surface area contributed by atoms with E-state index in [1.54, 1.807) is 6.20 Å². The summed E-state index contributed by atoms with van der Waals surface area (Å²) in [5.41, 5.74) is 1.74. The Bertz CT molecular complexity index is 537. The minimum absolute atomic E-state index is 0.679. The van der Waals surface area contributed by atoms with Gasteiger partial charge in [-0.2, -0.15) is 0 Å². The lowest BCUT2D eigenvalue weighted by Gasteiger charge is -2.29. The molecule has 17 heavy (non-hydrogen) atoms. The van der Waals surface area contributed by atoms with E-state index >= 15 is 0 Å². The first-order valence-corrected chi connectivity index (χ1v) is 6.09. The van der Waals surface area contributed by atoms with Gasteiger partial charge in [-0.05, 0) is 18.2 Å². The number of hydrogen-bond donors (Lipinski definition) is 1. The molecule has 2 aromatic rings. The van der Waals surface area contributed by atoms with Crippen molar-refractivity contribution in [3.8, 4) is 0 Å². The number of anilines is 1. The van der Waals surface area contributed by atoms with Crippen LogP contribution in [0.5, 0.6) is 0 Å². The molecule has 0 amide bonds. The lowest BCUT2D eigenvalue weighted by Crippen LogP contribution is -2.44. The SMILES string of the molecule is Clc1cc2ncccc2nc1N1CCNCC1. The minimum atomic E-state index is 0.679. The number of hydrogen-bond acceptors (Lipinski definition) is 4. The normalized spacial score (nSPS) is 16.4. The topological polar surface area (TPSA) is 41.1 Å². The van der Waals surface area contributed by atoms with Crippen LogP contribution in [0.2, 0.25) is 5.02 Å². The molecule has 1 saturated heterocycles. The molecular formula is C12H13ClN4. The van der Waals surface area contributed by atoms with Crippen LogP contribution in [0.15, 0.2) is 24.4 Å². The second-order valence-electron chi connectivity index (χ2n) is 4.07. The molecule has 0 aromatic carbocycles. The molecule has 0 aliphatic carbocycles. The molecule has 88 valence electrons. The monoisotopic (exact) mass is 248 g/mol. The van der Waals surface area contributed by atoms with Crippen molar-refractivity contribution in [3.05, 3.63) is 29.4 Å². The highest BCUT2D eigenvalue weighted by atomic mass is 35.5. The van der Waals surface area contributed by atoms with Crippen molar-refractivity contribution in [2.24, 2.45) is 0 Å². The van der Waals surface area contributed by atoms with E-state index in [2.05, 4.69) is 20.2 Å². The molecule has 3 heterocycles. The maximum Gasteiger partial charge on any atom is 0.148 e. The van der Waals surface area contributed by atoms with Crippen LogP contribution >= 0.6 is 11.6 Å². The number of aromatic nitrogens is 2. The predicted octanol–water partition coefficient (Wildman–Crippen LogP) is 1.69. The van der Waals surface area contributed by atoms with Gasteiger partial charge in [-0.15, -0.1) is 0 Å². The summed E-state index contributed by atoms with van der Waals surface area (Å²) < 4.78 is 0. The predicted molar refractivity (Wildman–Crippen MR) is 69.6 cm³/mol. The number of pyridine rings is 2. The highest BCUT2D eigenvalue weighted by Gasteiger charge is 2.15. The van der Waals surface area contributed by atoms with Gasteiger partial charge in [0.2, 0.25) is 0 Å². The van der Waals surface area contributed by atoms with Gasteiger partial charge in [0.1, 0.15) is 5.82 Å². The van der Waals surface area contributed by atoms with E-state index < -0.39 is 0 Å². The fourth-order valence-corrected chi connectivity index (χ4v) is 2.33. The summed E-state index contributed by atoms with van der Waals surface area (Å²) in [5, 5.41) is 4.00. The second kappa shape index (κ2) is 4.47. The Morgan fingerprint density at radius 3 is 2.88 bits per heavy atom. The molecule has 0 saturated carbocycles. The molecule has 1 N–H and O–H groups in total. The lowest BCUT2D eigenvalue weighted by molar-refractivity contribution is 0.585. The lowest BCUT2D eigenvalue weighted by atomic mass is 10.3. The van der Waals surface area contributed by atoms with Gasteiger partial charge in [-0.3, -0.25) is 4.98 Å². The van der Waals surface area contributed by atoms with Crippen LogP contribution in [0, 0.1) is 0 Å². The molecule has 1 aliphatic heterocycles. The van der Waals surface area contributed by atoms with Gasteiger partial charge in [-0.25, -0.2) is 4.98 Å². The van der Waals surface area contributed by atoms with Crippen LogP contribution in [0.3, 0.4) is 0 Å². The summed E-state index contributed by atoms with van der Waals surface area (Å²) in [7, 11) is 0. The zero-order valence-electron chi connectivity index (χ0n) is 9.36. The van der Waals surface area contributed by atoms with Gasteiger partial charge in [0.25, 0.3) is 0 Å². The highest BCUT2D eigenvalue weighted by molar-refractivity contribution is 6.33. The van der Waals surface area contributed by atoms with Gasteiger partial charge in [0.15, 0.2) is 0 Å². The van der Waals surface area contributed by atoms with E-state index in [0.717, 1.165) is 43.0 Å². The summed E-state index contributed by atoms with van der Waals surface area (Å²) in [6, 6.07) is 5.75. The van der Waals surface area contributed by atoms with Gasteiger partial charge < -0.3 is 10.2 Å². The average molecular weight is 249 g/mol. The number of piperazine rings is 1. The third-order valence-electron chi connectivity index (χ3n) is 2.94. The largest absolute Gasteiger partial charge is 0.353 e. The van der Waals surface area contributed by atoms with E-state index in [1.165, 1.54) is 0 Å². The second-order valence-corrected chi connectivity index (χ2v) is 4.48. The molecular weight excluding hydrogens is 236 g/mol. The van der Waals surface area contributed by atoms with E-state index in [0.29, 0.717) is 5.02 Å². The number of halogens is 1. The first kappa shape index (κ1) is 10.7. The Morgan fingerprint density at radius 2 is 2.06 bits per heavy atom. The first-order chi connectivity index (χ1) is 8.34. The summed E-state index contributed by atoms with van der Waals surface area (Å²) >= 11 is 6.27. The Hall–Kier alpha value is -1.39. The Labute approximate surface area is 105 Å². The van der Waals surface area contributed by atoms with Gasteiger partial charge in [-0.1, -0.05) is 11.6 Å². The van der Waals surface area contributed by atoms with Gasteiger partial charge >= 0.3 is 0 Å². The van der Waals surface area contributed by atoms with Crippen molar-refractivity contribution in [1.29, 1.82) is 0 Å². The average Bonchev–Trinajstić information content (AvgIpc) is 2.39. The molecule has 4 nitrogen and oxygen atoms in total. The van der Waals surface area contributed by atoms with Crippen LogP contribution in [-0.4, -0.2) is 36.1 Å². The van der Waals surface area contributed by atoms with E-state index in [9.17, 15) is 0 Å². The summed E-state index contributed by atoms with van der Waals surface area (Å²) in [5.74, 6) is 0.869. The summed E-state index contributed by atoms with van der Waals surface area (Å²) in [6.45, 7) is 3.84. The maximum absolute atomic E-state index is 6.27. The zero-order chi connectivity index (χ0) is 11.7. The van der Waals surface area contributed by atoms with Crippen LogP contribution in [0.4, 0.5) is 5.82 Å². The third kappa shape index (κ3) is 2.06. The van der Waals surface area contributed by atoms with Gasteiger partial charge in [0, 0.05) is 32.4 Å². The molecule has 0 unspecified atom stereocenters. The molecule has 0 atom stereocenters. The fraction of sp³-hybridized carbons (Fsp3) is 0.333. The molecule has 3 rings (SSSR count). The highest BCUT2D eigenvalue weighted by Crippen LogP contribution is 2.26. The quantitative estimate of drug-likeness (QED) is 0.834. The first-order valence-electron chi connectivity index (χ1n) is 5.71. The zero-order valence-corrected chi connectivity index (χ0v) is 10.1. The standard InChI is InChI=1S/C12H13ClN4/c13-9-8-11-10(2-1-3-15-11)16-12(9)17-6-4-14-5-7-17/h1-3,8,14H,4-7H2. The maximum atomic E-state index is 6.27. The third-order valence-corrected chi connectivity index (χ3v) is 3.21. The Balaban J connectivity index is 2.06. The van der Waals surface area contributed by atoms with Crippen molar-refractivity contribution in [2.45, 2.75) is 0 Å². The summed E-state index contributed by atoms with van der Waals surface area (Å²) in [4.78, 5) is 11.1. The minimum Gasteiger partial charge on any atom is -0.353 e. The smallest absolute Gasteiger partial charge is 0.148 e. The number of fused-ring (bicyclic) bond motifs is 1. The van der Waals surface area contributed by atoms with Crippen molar-refractivity contribution in [1.82, 2.24) is 15.3 Å². The molecule has 2 aromatic heterocycles. The van der Waals surface area contributed by atoms with Crippen LogP contribution < -0.4 is 10.2 Å². The van der Waals surface area contributed by atoms with Crippen molar-refractivity contribution >= 4 is 28.5 Å². The van der Waals surface area contributed by atoms with Crippen molar-refractivity contribution in [2.75, 3.05) is 31.1 Å². The summed E-state index contributed by atoms with van der Waals surface area (Å²) in [6.07, 6.45) is 1.75. The van der Waals surface area contributed by atoms with Crippen molar-refractivity contribution in [3.63, 3.8) is 0 Å². The molecule has 0 spiro atoms. The molecule has 0 bridgehead atoms. The number of nitrogens with zero attached hydrogens (tertiary/aromatic N) is 3. The fourth-order valence-electron chi connectivity index (χ4n) is 2.07. The van der Waals surface area contributed by atoms with E-state index in [4.69, 9.17) is 11.6 Å². The van der Waals surface area contributed by atoms with Crippen LogP contribution in [0.25, 0.3) is 11.0 Å². The molecule has 1 fully saturated rings.